The molecule has 3 amide bonds. The quantitative estimate of drug-likeness (QED) is 0.778. The van der Waals surface area contributed by atoms with Crippen LogP contribution in [-0.2, 0) is 9.53 Å². The summed E-state index contributed by atoms with van der Waals surface area (Å²) >= 11 is 0. The fourth-order valence-corrected chi connectivity index (χ4v) is 4.99. The van der Waals surface area contributed by atoms with Gasteiger partial charge in [-0.2, -0.15) is 0 Å². The fourth-order valence-electron chi connectivity index (χ4n) is 4.99. The highest BCUT2D eigenvalue weighted by Gasteiger charge is 2.54. The molecule has 6 heteroatoms. The van der Waals surface area contributed by atoms with Crippen molar-refractivity contribution in [3.05, 3.63) is 0 Å². The highest BCUT2D eigenvalue weighted by Crippen LogP contribution is 2.47. The third kappa shape index (κ3) is 3.25. The summed E-state index contributed by atoms with van der Waals surface area (Å²) in [6, 6.07) is 0.204. The lowest BCUT2D eigenvalue weighted by Gasteiger charge is -2.42. The zero-order valence-corrected chi connectivity index (χ0v) is 15.4. The van der Waals surface area contributed by atoms with Gasteiger partial charge in [-0.25, -0.2) is 4.79 Å². The Bertz CT molecular complexity index is 520. The van der Waals surface area contributed by atoms with Crippen LogP contribution in [0.1, 0.15) is 38.5 Å². The average molecular weight is 349 g/mol. The van der Waals surface area contributed by atoms with Gasteiger partial charge < -0.3 is 19.4 Å². The van der Waals surface area contributed by atoms with E-state index in [0.29, 0.717) is 6.61 Å². The van der Waals surface area contributed by atoms with Crippen LogP contribution in [0.2, 0.25) is 0 Å². The van der Waals surface area contributed by atoms with E-state index in [1.54, 1.807) is 7.11 Å². The van der Waals surface area contributed by atoms with Gasteiger partial charge in [-0.05, 0) is 44.4 Å². The molecule has 0 bridgehead atoms. The number of methoxy groups -OCH3 is 1. The molecule has 4 aliphatic rings. The monoisotopic (exact) mass is 349 g/mol. The van der Waals surface area contributed by atoms with Crippen molar-refractivity contribution in [2.24, 2.45) is 17.3 Å². The summed E-state index contributed by atoms with van der Waals surface area (Å²) < 4.78 is 5.41. The van der Waals surface area contributed by atoms with Gasteiger partial charge >= 0.3 is 6.03 Å². The summed E-state index contributed by atoms with van der Waals surface area (Å²) in [6.07, 6.45) is 6.64. The minimum atomic E-state index is -0.0275. The molecule has 140 valence electrons. The molecule has 1 aliphatic carbocycles. The van der Waals surface area contributed by atoms with Crippen LogP contribution in [0, 0.1) is 17.3 Å². The van der Waals surface area contributed by atoms with E-state index in [4.69, 9.17) is 4.74 Å². The van der Waals surface area contributed by atoms with Crippen molar-refractivity contribution < 1.29 is 14.3 Å². The van der Waals surface area contributed by atoms with Crippen LogP contribution in [0.4, 0.5) is 4.79 Å². The lowest BCUT2D eigenvalue weighted by molar-refractivity contribution is -0.133. The number of amides is 3. The first kappa shape index (κ1) is 17.1. The topological polar surface area (TPSA) is 53.1 Å². The standard InChI is InChI=1S/C19H31N3O3/c1-25-13-16-17(23)22(12-15-4-5-15)14-19(16)6-10-21(11-7-19)18(24)20-8-2-3-9-20/h15-16H,2-14H2,1H3/t16-/m1/s1. The van der Waals surface area contributed by atoms with E-state index in [1.807, 2.05) is 9.80 Å². The van der Waals surface area contributed by atoms with E-state index < -0.39 is 0 Å². The maximum Gasteiger partial charge on any atom is 0.319 e. The number of nitrogens with zero attached hydrogens (tertiary/aromatic N) is 3. The van der Waals surface area contributed by atoms with E-state index >= 15 is 0 Å². The number of carbonyl (C=O) groups is 2. The third-order valence-electron chi connectivity index (χ3n) is 6.77. The van der Waals surface area contributed by atoms with Crippen molar-refractivity contribution in [2.45, 2.75) is 38.5 Å². The SMILES string of the molecule is COC[C@@H]1C(=O)N(CC2CC2)CC12CCN(C(=O)N1CCCC1)CC2. The van der Waals surface area contributed by atoms with Gasteiger partial charge in [0.2, 0.25) is 5.91 Å². The number of hydrogen-bond acceptors (Lipinski definition) is 3. The molecule has 0 aromatic rings. The van der Waals surface area contributed by atoms with Crippen LogP contribution in [0.5, 0.6) is 0 Å². The third-order valence-corrected chi connectivity index (χ3v) is 6.77. The zero-order valence-electron chi connectivity index (χ0n) is 15.4. The smallest absolute Gasteiger partial charge is 0.319 e. The van der Waals surface area contributed by atoms with E-state index in [9.17, 15) is 9.59 Å². The summed E-state index contributed by atoms with van der Waals surface area (Å²) in [6.45, 7) is 5.67. The van der Waals surface area contributed by atoms with Crippen molar-refractivity contribution in [1.29, 1.82) is 0 Å². The lowest BCUT2D eigenvalue weighted by Crippen LogP contribution is -2.50. The van der Waals surface area contributed by atoms with Gasteiger partial charge in [0.25, 0.3) is 0 Å². The molecule has 6 nitrogen and oxygen atoms in total. The van der Waals surface area contributed by atoms with Gasteiger partial charge in [-0.1, -0.05) is 0 Å². The van der Waals surface area contributed by atoms with Crippen LogP contribution in [-0.4, -0.2) is 79.6 Å². The minimum absolute atomic E-state index is 0.00374. The second-order valence-corrected chi connectivity index (χ2v) is 8.50. The molecule has 4 rings (SSSR count). The number of carbonyl (C=O) groups excluding carboxylic acids is 2. The number of ether oxygens (including phenoxy) is 1. The summed E-state index contributed by atoms with van der Waals surface area (Å²) in [4.78, 5) is 31.7. The van der Waals surface area contributed by atoms with E-state index in [2.05, 4.69) is 4.90 Å². The molecule has 0 aromatic heterocycles. The highest BCUT2D eigenvalue weighted by atomic mass is 16.5. The lowest BCUT2D eigenvalue weighted by atomic mass is 9.71. The number of rotatable bonds is 4. The predicted octanol–water partition coefficient (Wildman–Crippen LogP) is 1.80. The molecule has 25 heavy (non-hydrogen) atoms. The molecule has 1 atom stereocenters. The van der Waals surface area contributed by atoms with Crippen molar-refractivity contribution in [3.63, 3.8) is 0 Å². The molecular weight excluding hydrogens is 318 g/mol. The van der Waals surface area contributed by atoms with Gasteiger partial charge in [0.05, 0.1) is 12.5 Å². The number of hydrogen-bond donors (Lipinski definition) is 0. The van der Waals surface area contributed by atoms with Gasteiger partial charge in [0.1, 0.15) is 0 Å². The number of piperidine rings is 1. The Morgan fingerprint density at radius 3 is 2.36 bits per heavy atom. The summed E-state index contributed by atoms with van der Waals surface area (Å²) in [5.41, 5.74) is 0.00374. The first-order chi connectivity index (χ1) is 12.1. The average Bonchev–Trinajstić information content (AvgIpc) is 3.19. The Balaban J connectivity index is 1.41. The second-order valence-electron chi connectivity index (χ2n) is 8.50. The second kappa shape index (κ2) is 6.78. The summed E-state index contributed by atoms with van der Waals surface area (Å²) in [7, 11) is 1.69. The normalized spacial score (nSPS) is 29.1. The molecule has 3 aliphatic heterocycles. The number of urea groups is 1. The van der Waals surface area contributed by atoms with Crippen molar-refractivity contribution in [1.82, 2.24) is 14.7 Å². The Kier molecular flexibility index (Phi) is 4.65. The Morgan fingerprint density at radius 1 is 1.12 bits per heavy atom. The maximum atomic E-state index is 12.9. The Labute approximate surface area is 150 Å². The molecule has 0 aromatic carbocycles. The molecule has 3 saturated heterocycles. The molecule has 0 radical (unpaired) electrons. The molecule has 3 heterocycles. The largest absolute Gasteiger partial charge is 0.384 e. The molecule has 1 spiro atoms. The summed E-state index contributed by atoms with van der Waals surface area (Å²) in [5.74, 6) is 0.979. The van der Waals surface area contributed by atoms with Crippen LogP contribution in [0.3, 0.4) is 0 Å². The molecule has 1 saturated carbocycles. The highest BCUT2D eigenvalue weighted by molar-refractivity contribution is 5.83. The van der Waals surface area contributed by atoms with Gasteiger partial charge in [-0.15, -0.1) is 0 Å². The van der Waals surface area contributed by atoms with E-state index in [0.717, 1.165) is 70.9 Å². The van der Waals surface area contributed by atoms with Gasteiger partial charge in [0.15, 0.2) is 0 Å². The van der Waals surface area contributed by atoms with Crippen LogP contribution in [0.15, 0.2) is 0 Å². The van der Waals surface area contributed by atoms with Crippen LogP contribution >= 0.6 is 0 Å². The van der Waals surface area contributed by atoms with Crippen LogP contribution in [0.25, 0.3) is 0 Å². The number of likely N-dealkylation sites (tertiary alicyclic amines) is 3. The van der Waals surface area contributed by atoms with Crippen LogP contribution < -0.4 is 0 Å². The molecular formula is C19H31N3O3. The Hall–Kier alpha value is -1.30. The van der Waals surface area contributed by atoms with Crippen molar-refractivity contribution in [3.8, 4) is 0 Å². The molecule has 0 N–H and O–H groups in total. The summed E-state index contributed by atoms with van der Waals surface area (Å²) in [5, 5.41) is 0. The van der Waals surface area contributed by atoms with Gasteiger partial charge in [0, 0.05) is 51.8 Å². The predicted molar refractivity (Wildman–Crippen MR) is 94.1 cm³/mol. The first-order valence-electron chi connectivity index (χ1n) is 9.94. The van der Waals surface area contributed by atoms with E-state index in [-0.39, 0.29) is 23.3 Å². The van der Waals surface area contributed by atoms with Crippen molar-refractivity contribution in [2.75, 3.05) is 53.0 Å². The Morgan fingerprint density at radius 2 is 1.76 bits per heavy atom. The molecule has 4 fully saturated rings. The minimum Gasteiger partial charge on any atom is -0.384 e. The first-order valence-corrected chi connectivity index (χ1v) is 9.94. The van der Waals surface area contributed by atoms with E-state index in [1.165, 1.54) is 12.8 Å². The molecule has 0 unspecified atom stereocenters. The fraction of sp³-hybridized carbons (Fsp3) is 0.895. The maximum absolute atomic E-state index is 12.9. The zero-order chi connectivity index (χ0) is 17.4. The van der Waals surface area contributed by atoms with Gasteiger partial charge in [-0.3, -0.25) is 4.79 Å². The van der Waals surface area contributed by atoms with Crippen molar-refractivity contribution >= 4 is 11.9 Å².